The fourth-order valence-electron chi connectivity index (χ4n) is 1.44. The highest BCUT2D eigenvalue weighted by molar-refractivity contribution is 9.10. The van der Waals surface area contributed by atoms with Crippen molar-refractivity contribution in [3.63, 3.8) is 0 Å². The number of rotatable bonds is 4. The fourth-order valence-corrected chi connectivity index (χ4v) is 1.89. The van der Waals surface area contributed by atoms with Crippen LogP contribution in [0.2, 0.25) is 0 Å². The zero-order chi connectivity index (χ0) is 16.4. The Balaban J connectivity index is 2.88. The van der Waals surface area contributed by atoms with Gasteiger partial charge < -0.3 is 5.32 Å². The zero-order valence-corrected chi connectivity index (χ0v) is 14.0. The van der Waals surface area contributed by atoms with Crippen LogP contribution < -0.4 is 10.9 Å². The first-order valence-electron chi connectivity index (χ1n) is 6.48. The molecule has 0 amide bonds. The second-order valence-electron chi connectivity index (χ2n) is 6.10. The van der Waals surface area contributed by atoms with Gasteiger partial charge >= 0.3 is 6.18 Å². The topological polar surface area (TPSA) is 46.9 Å². The van der Waals surface area contributed by atoms with Gasteiger partial charge in [0.25, 0.3) is 5.56 Å². The van der Waals surface area contributed by atoms with Crippen molar-refractivity contribution in [3.05, 3.63) is 21.0 Å². The number of nitrogens with one attached hydrogen (secondary N) is 1. The zero-order valence-electron chi connectivity index (χ0n) is 12.4. The van der Waals surface area contributed by atoms with Crippen molar-refractivity contribution in [2.45, 2.75) is 40.4 Å². The molecular weight excluding hydrogens is 351 g/mol. The van der Waals surface area contributed by atoms with Gasteiger partial charge in [-0.15, -0.1) is 0 Å². The van der Waals surface area contributed by atoms with Crippen molar-refractivity contribution in [1.29, 1.82) is 0 Å². The van der Waals surface area contributed by atoms with E-state index >= 15 is 0 Å². The molecule has 1 unspecified atom stereocenters. The highest BCUT2D eigenvalue weighted by atomic mass is 79.9. The van der Waals surface area contributed by atoms with Crippen molar-refractivity contribution >= 4 is 21.6 Å². The maximum atomic E-state index is 12.3. The molecule has 0 saturated carbocycles. The summed E-state index contributed by atoms with van der Waals surface area (Å²) >= 11 is 3.04. The molecule has 0 aliphatic heterocycles. The highest BCUT2D eigenvalue weighted by Crippen LogP contribution is 2.26. The van der Waals surface area contributed by atoms with E-state index < -0.39 is 18.3 Å². The van der Waals surface area contributed by atoms with Gasteiger partial charge in [0.2, 0.25) is 0 Å². The summed E-state index contributed by atoms with van der Waals surface area (Å²) in [5.41, 5.74) is -0.326. The van der Waals surface area contributed by atoms with Crippen LogP contribution in [-0.4, -0.2) is 22.5 Å². The van der Waals surface area contributed by atoms with E-state index in [0.29, 0.717) is 22.8 Å². The van der Waals surface area contributed by atoms with Gasteiger partial charge in [-0.3, -0.25) is 4.79 Å². The smallest absolute Gasteiger partial charge is 0.382 e. The predicted molar refractivity (Wildman–Crippen MR) is 79.4 cm³/mol. The summed E-state index contributed by atoms with van der Waals surface area (Å²) in [6, 6.07) is 0. The van der Waals surface area contributed by atoms with Crippen molar-refractivity contribution < 1.29 is 13.2 Å². The maximum absolute atomic E-state index is 12.3. The van der Waals surface area contributed by atoms with Crippen molar-refractivity contribution in [2.75, 3.05) is 11.9 Å². The van der Waals surface area contributed by atoms with E-state index in [-0.39, 0.29) is 9.89 Å². The van der Waals surface area contributed by atoms with Crippen LogP contribution in [0.1, 0.15) is 27.7 Å². The summed E-state index contributed by atoms with van der Waals surface area (Å²) in [5.74, 6) is 0.307. The summed E-state index contributed by atoms with van der Waals surface area (Å²) in [6.07, 6.45) is -3.25. The van der Waals surface area contributed by atoms with Gasteiger partial charge in [-0.2, -0.15) is 18.3 Å². The Bertz CT molecular complexity index is 549. The molecule has 0 radical (unpaired) electrons. The molecule has 1 aromatic heterocycles. The standard InChI is InChI=1S/C13H19BrF3N3O/c1-8(12(2,3)4)5-18-9-6-19-20(7-13(15,16)17)11(21)10(9)14/h6,8,18H,5,7H2,1-4H3. The number of alkyl halides is 3. The van der Waals surface area contributed by atoms with E-state index in [1.54, 1.807) is 0 Å². The second kappa shape index (κ2) is 6.37. The van der Waals surface area contributed by atoms with Gasteiger partial charge in [0, 0.05) is 6.54 Å². The quantitative estimate of drug-likeness (QED) is 0.880. The molecule has 21 heavy (non-hydrogen) atoms. The number of anilines is 1. The van der Waals surface area contributed by atoms with Crippen LogP contribution in [0.15, 0.2) is 15.5 Å². The van der Waals surface area contributed by atoms with E-state index in [1.165, 1.54) is 6.20 Å². The molecule has 4 nitrogen and oxygen atoms in total. The van der Waals surface area contributed by atoms with Gasteiger partial charge in [-0.1, -0.05) is 27.7 Å². The first-order valence-corrected chi connectivity index (χ1v) is 7.27. The summed E-state index contributed by atoms with van der Waals surface area (Å²) < 4.78 is 37.4. The Labute approximate surface area is 129 Å². The number of nitrogens with zero attached hydrogens (tertiary/aromatic N) is 2. The number of hydrogen-bond acceptors (Lipinski definition) is 3. The molecule has 8 heteroatoms. The molecule has 1 heterocycles. The molecule has 120 valence electrons. The average molecular weight is 370 g/mol. The van der Waals surface area contributed by atoms with Crippen LogP contribution in [-0.2, 0) is 6.54 Å². The third-order valence-electron chi connectivity index (χ3n) is 3.39. The Morgan fingerprint density at radius 1 is 1.38 bits per heavy atom. The van der Waals surface area contributed by atoms with E-state index in [0.717, 1.165) is 0 Å². The number of hydrogen-bond donors (Lipinski definition) is 1. The summed E-state index contributed by atoms with van der Waals surface area (Å²) in [7, 11) is 0. The predicted octanol–water partition coefficient (Wildman–Crippen LogP) is 3.66. The van der Waals surface area contributed by atoms with Crippen LogP contribution in [0, 0.1) is 11.3 Å². The normalized spacial score (nSPS) is 14.1. The Morgan fingerprint density at radius 3 is 2.43 bits per heavy atom. The molecule has 1 aromatic rings. The van der Waals surface area contributed by atoms with Crippen LogP contribution >= 0.6 is 15.9 Å². The molecule has 0 aliphatic carbocycles. The van der Waals surface area contributed by atoms with E-state index in [2.05, 4.69) is 54.0 Å². The van der Waals surface area contributed by atoms with Gasteiger partial charge in [-0.05, 0) is 27.3 Å². The van der Waals surface area contributed by atoms with Crippen molar-refractivity contribution in [3.8, 4) is 0 Å². The van der Waals surface area contributed by atoms with Crippen LogP contribution in [0.3, 0.4) is 0 Å². The number of aromatic nitrogens is 2. The monoisotopic (exact) mass is 369 g/mol. The molecule has 0 aromatic carbocycles. The molecular formula is C13H19BrF3N3O. The lowest BCUT2D eigenvalue weighted by Gasteiger charge is -2.27. The lowest BCUT2D eigenvalue weighted by atomic mass is 9.82. The maximum Gasteiger partial charge on any atom is 0.408 e. The Morgan fingerprint density at radius 2 is 1.95 bits per heavy atom. The van der Waals surface area contributed by atoms with Crippen molar-refractivity contribution in [2.24, 2.45) is 11.3 Å². The SMILES string of the molecule is CC(CNc1cnn(CC(F)(F)F)c(=O)c1Br)C(C)(C)C. The molecule has 0 fully saturated rings. The second-order valence-corrected chi connectivity index (χ2v) is 6.89. The van der Waals surface area contributed by atoms with Gasteiger partial charge in [0.15, 0.2) is 0 Å². The largest absolute Gasteiger partial charge is 0.408 e. The third-order valence-corrected chi connectivity index (χ3v) is 4.16. The Hall–Kier alpha value is -1.05. The van der Waals surface area contributed by atoms with Gasteiger partial charge in [-0.25, -0.2) is 4.68 Å². The first kappa shape index (κ1) is 18.0. The van der Waals surface area contributed by atoms with Crippen LogP contribution in [0.4, 0.5) is 18.9 Å². The average Bonchev–Trinajstić information content (AvgIpc) is 2.31. The minimum atomic E-state index is -4.48. The molecule has 1 atom stereocenters. The summed E-state index contributed by atoms with van der Waals surface area (Å²) in [5, 5.41) is 6.60. The lowest BCUT2D eigenvalue weighted by molar-refractivity contribution is -0.143. The van der Waals surface area contributed by atoms with Gasteiger partial charge in [0.1, 0.15) is 11.0 Å². The van der Waals surface area contributed by atoms with E-state index in [9.17, 15) is 18.0 Å². The minimum Gasteiger partial charge on any atom is -0.382 e. The summed E-state index contributed by atoms with van der Waals surface area (Å²) in [4.78, 5) is 11.8. The molecule has 1 N–H and O–H groups in total. The highest BCUT2D eigenvalue weighted by Gasteiger charge is 2.29. The lowest BCUT2D eigenvalue weighted by Crippen LogP contribution is -2.31. The van der Waals surface area contributed by atoms with Crippen LogP contribution in [0.25, 0.3) is 0 Å². The Kier molecular flexibility index (Phi) is 5.46. The van der Waals surface area contributed by atoms with E-state index in [4.69, 9.17) is 0 Å². The number of halogens is 4. The molecule has 0 bridgehead atoms. The fraction of sp³-hybridized carbons (Fsp3) is 0.692. The molecule has 0 spiro atoms. The molecule has 1 rings (SSSR count). The summed E-state index contributed by atoms with van der Waals surface area (Å²) in [6.45, 7) is 7.52. The first-order chi connectivity index (χ1) is 9.42. The van der Waals surface area contributed by atoms with Crippen molar-refractivity contribution in [1.82, 2.24) is 9.78 Å². The van der Waals surface area contributed by atoms with E-state index in [1.807, 2.05) is 0 Å². The molecule has 0 saturated heterocycles. The molecule has 0 aliphatic rings. The van der Waals surface area contributed by atoms with Crippen LogP contribution in [0.5, 0.6) is 0 Å². The van der Waals surface area contributed by atoms with Gasteiger partial charge in [0.05, 0.1) is 11.9 Å². The third kappa shape index (κ3) is 5.33. The minimum absolute atomic E-state index is 0.0582.